The Bertz CT molecular complexity index is 701. The van der Waals surface area contributed by atoms with Gasteiger partial charge in [-0.1, -0.05) is 12.8 Å². The van der Waals surface area contributed by atoms with E-state index in [-0.39, 0.29) is 24.0 Å². The number of urea groups is 1. The third-order valence-electron chi connectivity index (χ3n) is 5.69. The minimum absolute atomic E-state index is 0.0572. The summed E-state index contributed by atoms with van der Waals surface area (Å²) in [6.45, 7) is 6.62. The van der Waals surface area contributed by atoms with E-state index in [1.165, 1.54) is 6.92 Å². The predicted molar refractivity (Wildman–Crippen MR) is 108 cm³/mol. The van der Waals surface area contributed by atoms with Crippen molar-refractivity contribution in [3.05, 3.63) is 23.8 Å². The standard InChI is InChI=1S/C21H31N3O4/c1-3-28-20-9-8-16(15(2)25)14-17(20)22-21(27)24-12-10-23(11-13-24)18-6-4-5-7-19(18)26/h8-9,14,18-19,26H,3-7,10-13H2,1-2H3,(H,22,27)/t18-,19-/m1/s1. The maximum absolute atomic E-state index is 12.8. The molecule has 154 valence electrons. The molecule has 3 rings (SSSR count). The molecule has 1 saturated carbocycles. The number of Topliss-reactive ketones (excluding diaryl/α,β-unsaturated/α-hetero) is 1. The van der Waals surface area contributed by atoms with Crippen LogP contribution in [0.4, 0.5) is 10.5 Å². The van der Waals surface area contributed by atoms with E-state index >= 15 is 0 Å². The second kappa shape index (κ2) is 9.39. The van der Waals surface area contributed by atoms with E-state index < -0.39 is 0 Å². The van der Waals surface area contributed by atoms with Gasteiger partial charge in [0.15, 0.2) is 5.78 Å². The number of rotatable bonds is 5. The van der Waals surface area contributed by atoms with Crippen molar-refractivity contribution in [1.29, 1.82) is 0 Å². The van der Waals surface area contributed by atoms with Gasteiger partial charge in [0.05, 0.1) is 18.4 Å². The molecule has 0 spiro atoms. The fraction of sp³-hybridized carbons (Fsp3) is 0.619. The summed E-state index contributed by atoms with van der Waals surface area (Å²) in [6, 6.07) is 5.12. The van der Waals surface area contributed by atoms with Gasteiger partial charge in [-0.05, 0) is 44.9 Å². The van der Waals surface area contributed by atoms with Crippen LogP contribution in [0.5, 0.6) is 5.75 Å². The van der Waals surface area contributed by atoms with Crippen LogP contribution in [-0.2, 0) is 0 Å². The second-order valence-corrected chi connectivity index (χ2v) is 7.57. The third kappa shape index (κ3) is 4.83. The lowest BCUT2D eigenvalue weighted by Gasteiger charge is -2.42. The minimum Gasteiger partial charge on any atom is -0.492 e. The Balaban J connectivity index is 1.61. The van der Waals surface area contributed by atoms with Crippen LogP contribution in [0.1, 0.15) is 49.9 Å². The molecule has 1 aromatic carbocycles. The number of ketones is 1. The number of amides is 2. The third-order valence-corrected chi connectivity index (χ3v) is 5.69. The number of anilines is 1. The summed E-state index contributed by atoms with van der Waals surface area (Å²) in [6.07, 6.45) is 3.91. The Morgan fingerprint density at radius 2 is 1.89 bits per heavy atom. The molecule has 2 aliphatic rings. The number of benzene rings is 1. The lowest BCUT2D eigenvalue weighted by molar-refractivity contribution is 0.00275. The van der Waals surface area contributed by atoms with Crippen molar-refractivity contribution in [2.75, 3.05) is 38.1 Å². The van der Waals surface area contributed by atoms with Crippen molar-refractivity contribution < 1.29 is 19.4 Å². The van der Waals surface area contributed by atoms with E-state index in [2.05, 4.69) is 10.2 Å². The van der Waals surface area contributed by atoms with E-state index in [1.54, 1.807) is 23.1 Å². The van der Waals surface area contributed by atoms with Gasteiger partial charge in [0.1, 0.15) is 5.75 Å². The average Bonchev–Trinajstić information content (AvgIpc) is 2.70. The number of aliphatic hydroxyl groups is 1. The van der Waals surface area contributed by atoms with E-state index in [0.29, 0.717) is 36.7 Å². The summed E-state index contributed by atoms with van der Waals surface area (Å²) in [5.74, 6) is 0.503. The van der Waals surface area contributed by atoms with Crippen LogP contribution in [0, 0.1) is 0 Å². The molecule has 2 amide bonds. The van der Waals surface area contributed by atoms with Crippen molar-refractivity contribution >= 4 is 17.5 Å². The van der Waals surface area contributed by atoms with Gasteiger partial charge in [-0.3, -0.25) is 9.69 Å². The van der Waals surface area contributed by atoms with Crippen LogP contribution in [0.15, 0.2) is 18.2 Å². The zero-order valence-electron chi connectivity index (χ0n) is 16.8. The van der Waals surface area contributed by atoms with E-state index in [1.807, 2.05) is 6.92 Å². The predicted octanol–water partition coefficient (Wildman–Crippen LogP) is 2.74. The first-order chi connectivity index (χ1) is 13.5. The smallest absolute Gasteiger partial charge is 0.322 e. The highest BCUT2D eigenvalue weighted by Crippen LogP contribution is 2.27. The van der Waals surface area contributed by atoms with Gasteiger partial charge < -0.3 is 20.1 Å². The van der Waals surface area contributed by atoms with Gasteiger partial charge in [0, 0.05) is 37.8 Å². The first-order valence-electron chi connectivity index (χ1n) is 10.3. The topological polar surface area (TPSA) is 82.1 Å². The number of nitrogens with one attached hydrogen (secondary N) is 1. The molecule has 1 aliphatic heterocycles. The molecular weight excluding hydrogens is 358 g/mol. The molecule has 28 heavy (non-hydrogen) atoms. The number of ether oxygens (including phenoxy) is 1. The van der Waals surface area contributed by atoms with E-state index in [0.717, 1.165) is 38.8 Å². The van der Waals surface area contributed by atoms with Gasteiger partial charge in [0.2, 0.25) is 0 Å². The molecule has 1 aliphatic carbocycles. The zero-order chi connectivity index (χ0) is 20.1. The largest absolute Gasteiger partial charge is 0.492 e. The van der Waals surface area contributed by atoms with Gasteiger partial charge in [-0.25, -0.2) is 4.79 Å². The molecule has 0 unspecified atom stereocenters. The van der Waals surface area contributed by atoms with Gasteiger partial charge in [-0.15, -0.1) is 0 Å². The molecule has 2 fully saturated rings. The van der Waals surface area contributed by atoms with Gasteiger partial charge in [-0.2, -0.15) is 0 Å². The highest BCUT2D eigenvalue weighted by Gasteiger charge is 2.32. The molecule has 0 aromatic heterocycles. The lowest BCUT2D eigenvalue weighted by Crippen LogP contribution is -2.56. The van der Waals surface area contributed by atoms with E-state index in [4.69, 9.17) is 4.74 Å². The molecule has 7 nitrogen and oxygen atoms in total. The van der Waals surface area contributed by atoms with Crippen molar-refractivity contribution in [1.82, 2.24) is 9.80 Å². The van der Waals surface area contributed by atoms with Gasteiger partial charge >= 0.3 is 6.03 Å². The molecule has 1 saturated heterocycles. The summed E-state index contributed by atoms with van der Waals surface area (Å²) < 4.78 is 5.59. The first kappa shape index (κ1) is 20.6. The zero-order valence-corrected chi connectivity index (χ0v) is 16.8. The Morgan fingerprint density at radius 3 is 2.54 bits per heavy atom. The molecule has 2 atom stereocenters. The Hall–Kier alpha value is -2.12. The monoisotopic (exact) mass is 389 g/mol. The quantitative estimate of drug-likeness (QED) is 0.757. The van der Waals surface area contributed by atoms with Crippen molar-refractivity contribution in [3.63, 3.8) is 0 Å². The number of hydrogen-bond donors (Lipinski definition) is 2. The van der Waals surface area contributed by atoms with Crippen LogP contribution in [0.3, 0.4) is 0 Å². The Morgan fingerprint density at radius 1 is 1.18 bits per heavy atom. The minimum atomic E-state index is -0.253. The maximum atomic E-state index is 12.8. The number of aliphatic hydroxyl groups excluding tert-OH is 1. The van der Waals surface area contributed by atoms with Crippen LogP contribution < -0.4 is 10.1 Å². The molecule has 1 heterocycles. The Labute approximate surface area is 166 Å². The van der Waals surface area contributed by atoms with Crippen LogP contribution in [0.2, 0.25) is 0 Å². The van der Waals surface area contributed by atoms with Crippen LogP contribution >= 0.6 is 0 Å². The van der Waals surface area contributed by atoms with Gasteiger partial charge in [0.25, 0.3) is 0 Å². The molecule has 7 heteroatoms. The molecule has 1 aromatic rings. The molecule has 2 N–H and O–H groups in total. The normalized spacial score (nSPS) is 23.3. The fourth-order valence-corrected chi connectivity index (χ4v) is 4.10. The Kier molecular flexibility index (Phi) is 6.91. The highest BCUT2D eigenvalue weighted by molar-refractivity contribution is 5.98. The number of piperazine rings is 1. The van der Waals surface area contributed by atoms with Crippen LogP contribution in [0.25, 0.3) is 0 Å². The summed E-state index contributed by atoms with van der Waals surface area (Å²) in [7, 11) is 0. The number of carbonyl (C=O) groups is 2. The lowest BCUT2D eigenvalue weighted by atomic mass is 9.91. The van der Waals surface area contributed by atoms with Crippen LogP contribution in [-0.4, -0.2) is 71.7 Å². The number of hydrogen-bond acceptors (Lipinski definition) is 5. The summed E-state index contributed by atoms with van der Waals surface area (Å²) in [4.78, 5) is 28.5. The maximum Gasteiger partial charge on any atom is 0.322 e. The summed E-state index contributed by atoms with van der Waals surface area (Å²) in [5.41, 5.74) is 1.06. The summed E-state index contributed by atoms with van der Waals surface area (Å²) >= 11 is 0. The average molecular weight is 389 g/mol. The second-order valence-electron chi connectivity index (χ2n) is 7.57. The summed E-state index contributed by atoms with van der Waals surface area (Å²) in [5, 5.41) is 13.2. The highest BCUT2D eigenvalue weighted by atomic mass is 16.5. The SMILES string of the molecule is CCOc1ccc(C(C)=O)cc1NC(=O)N1CCN([C@@H]2CCCC[C@H]2O)CC1. The van der Waals surface area contributed by atoms with Crippen molar-refractivity contribution in [2.24, 2.45) is 0 Å². The first-order valence-corrected chi connectivity index (χ1v) is 10.3. The molecule has 0 bridgehead atoms. The molecule has 0 radical (unpaired) electrons. The number of carbonyl (C=O) groups excluding carboxylic acids is 2. The number of nitrogens with zero attached hydrogens (tertiary/aromatic N) is 2. The van der Waals surface area contributed by atoms with Crippen molar-refractivity contribution in [2.45, 2.75) is 51.7 Å². The van der Waals surface area contributed by atoms with Crippen molar-refractivity contribution in [3.8, 4) is 5.75 Å². The fourth-order valence-electron chi connectivity index (χ4n) is 4.10. The molecular formula is C21H31N3O4. The van der Waals surface area contributed by atoms with E-state index in [9.17, 15) is 14.7 Å².